The first kappa shape index (κ1) is 24.3. The maximum atomic E-state index is 13.4. The molecule has 2 aliphatic carbocycles. The van der Waals surface area contributed by atoms with Crippen LogP contribution >= 0.6 is 0 Å². The monoisotopic (exact) mass is 502 g/mol. The molecule has 4 aliphatic rings. The van der Waals surface area contributed by atoms with Crippen molar-refractivity contribution in [2.24, 2.45) is 11.8 Å². The molecule has 0 bridgehead atoms. The van der Waals surface area contributed by atoms with E-state index in [4.69, 9.17) is 0 Å². The molecule has 1 saturated carbocycles. The number of anilines is 1. The van der Waals surface area contributed by atoms with Crippen LogP contribution in [0.1, 0.15) is 88.0 Å². The molecule has 0 radical (unpaired) electrons. The van der Waals surface area contributed by atoms with E-state index in [2.05, 4.69) is 28.6 Å². The van der Waals surface area contributed by atoms with Crippen LogP contribution in [-0.4, -0.2) is 47.4 Å². The summed E-state index contributed by atoms with van der Waals surface area (Å²) in [6, 6.07) is 6.04. The number of carbonyl (C=O) groups excluding carboxylic acids is 2. The number of pyridine rings is 1. The van der Waals surface area contributed by atoms with Crippen LogP contribution in [0, 0.1) is 18.8 Å². The predicted octanol–water partition coefficient (Wildman–Crippen LogP) is 3.98. The molecule has 2 amide bonds. The maximum Gasteiger partial charge on any atom is 0.261 e. The highest BCUT2D eigenvalue weighted by Crippen LogP contribution is 2.37. The van der Waals surface area contributed by atoms with Gasteiger partial charge in [0.2, 0.25) is 0 Å². The van der Waals surface area contributed by atoms with Gasteiger partial charge in [0.25, 0.3) is 17.4 Å². The average Bonchev–Trinajstić information content (AvgIpc) is 2.92. The summed E-state index contributed by atoms with van der Waals surface area (Å²) in [5.74, 6) is 0.873. The molecule has 0 spiro atoms. The third kappa shape index (κ3) is 4.80. The van der Waals surface area contributed by atoms with Gasteiger partial charge in [0, 0.05) is 42.6 Å². The lowest BCUT2D eigenvalue weighted by Gasteiger charge is -2.43. The number of likely N-dealkylation sites (tertiary alicyclic amines) is 1. The number of piperidine rings is 1. The van der Waals surface area contributed by atoms with Gasteiger partial charge < -0.3 is 20.5 Å². The molecule has 1 aromatic heterocycles. The summed E-state index contributed by atoms with van der Waals surface area (Å²) in [6.45, 7) is 4.65. The Morgan fingerprint density at radius 3 is 2.70 bits per heavy atom. The number of nitrogens with zero attached hydrogens (tertiary/aromatic N) is 1. The molecule has 2 aromatic rings. The Morgan fingerprint density at radius 1 is 0.973 bits per heavy atom. The second-order valence-electron chi connectivity index (χ2n) is 11.6. The number of aryl methyl sites for hydroxylation is 4. The van der Waals surface area contributed by atoms with E-state index in [1.165, 1.54) is 11.3 Å². The number of carbonyl (C=O) groups is 2. The van der Waals surface area contributed by atoms with E-state index in [1.54, 1.807) is 0 Å². The number of aromatic nitrogens is 1. The largest absolute Gasteiger partial charge is 0.385 e. The van der Waals surface area contributed by atoms with E-state index in [0.29, 0.717) is 11.8 Å². The molecule has 3 N–H and O–H groups in total. The number of benzene rings is 1. The van der Waals surface area contributed by atoms with Gasteiger partial charge in [0.1, 0.15) is 5.56 Å². The van der Waals surface area contributed by atoms with Gasteiger partial charge in [-0.3, -0.25) is 14.4 Å². The topological polar surface area (TPSA) is 94.3 Å². The Bertz CT molecular complexity index is 1280. The molecule has 1 aromatic carbocycles. The van der Waals surface area contributed by atoms with Crippen LogP contribution in [0.5, 0.6) is 0 Å². The minimum atomic E-state index is -0.271. The van der Waals surface area contributed by atoms with Crippen LogP contribution in [0.25, 0.3) is 0 Å². The summed E-state index contributed by atoms with van der Waals surface area (Å²) in [5.41, 5.74) is 6.53. The van der Waals surface area contributed by atoms with E-state index >= 15 is 0 Å². The van der Waals surface area contributed by atoms with E-state index in [9.17, 15) is 14.4 Å². The summed E-state index contributed by atoms with van der Waals surface area (Å²) in [4.78, 5) is 44.0. The number of hydrogen-bond acceptors (Lipinski definition) is 4. The molecule has 1 saturated heterocycles. The molecule has 2 aliphatic heterocycles. The van der Waals surface area contributed by atoms with Crippen LogP contribution in [0.3, 0.4) is 0 Å². The molecular weight excluding hydrogens is 464 g/mol. The Balaban J connectivity index is 1.07. The van der Waals surface area contributed by atoms with Crippen molar-refractivity contribution in [1.82, 2.24) is 15.2 Å². The molecule has 6 rings (SSSR count). The number of fused-ring (bicyclic) bond motifs is 3. The van der Waals surface area contributed by atoms with Crippen LogP contribution in [-0.2, 0) is 19.3 Å². The molecule has 196 valence electrons. The van der Waals surface area contributed by atoms with Gasteiger partial charge in [0.15, 0.2) is 0 Å². The van der Waals surface area contributed by atoms with Crippen molar-refractivity contribution >= 4 is 17.5 Å². The lowest BCUT2D eigenvalue weighted by Crippen LogP contribution is -2.49. The highest BCUT2D eigenvalue weighted by molar-refractivity contribution is 5.96. The second-order valence-corrected chi connectivity index (χ2v) is 11.6. The number of H-pyrrole nitrogens is 1. The highest BCUT2D eigenvalue weighted by Gasteiger charge is 2.37. The fourth-order valence-electron chi connectivity index (χ4n) is 7.15. The van der Waals surface area contributed by atoms with Gasteiger partial charge in [0.05, 0.1) is 0 Å². The fraction of sp³-hybridized carbons (Fsp3) is 0.567. The molecule has 37 heavy (non-hydrogen) atoms. The zero-order valence-electron chi connectivity index (χ0n) is 21.8. The van der Waals surface area contributed by atoms with Crippen LogP contribution in [0.2, 0.25) is 0 Å². The van der Waals surface area contributed by atoms with Gasteiger partial charge in [-0.05, 0) is 118 Å². The number of amides is 2. The van der Waals surface area contributed by atoms with E-state index in [0.717, 1.165) is 106 Å². The highest BCUT2D eigenvalue weighted by atomic mass is 16.2. The van der Waals surface area contributed by atoms with Crippen molar-refractivity contribution in [3.8, 4) is 0 Å². The first-order valence-corrected chi connectivity index (χ1v) is 14.2. The van der Waals surface area contributed by atoms with Crippen molar-refractivity contribution < 1.29 is 9.59 Å². The van der Waals surface area contributed by atoms with Crippen molar-refractivity contribution in [1.29, 1.82) is 0 Å². The summed E-state index contributed by atoms with van der Waals surface area (Å²) >= 11 is 0. The van der Waals surface area contributed by atoms with Crippen LogP contribution in [0.4, 0.5) is 5.69 Å². The average molecular weight is 503 g/mol. The summed E-state index contributed by atoms with van der Waals surface area (Å²) in [7, 11) is 0. The lowest BCUT2D eigenvalue weighted by molar-refractivity contribution is 0.0478. The molecule has 7 nitrogen and oxygen atoms in total. The first-order chi connectivity index (χ1) is 18.0. The van der Waals surface area contributed by atoms with Crippen molar-refractivity contribution in [2.45, 2.75) is 77.2 Å². The van der Waals surface area contributed by atoms with Crippen LogP contribution < -0.4 is 16.2 Å². The van der Waals surface area contributed by atoms with Gasteiger partial charge in [-0.25, -0.2) is 0 Å². The summed E-state index contributed by atoms with van der Waals surface area (Å²) in [5, 5.41) is 6.65. The van der Waals surface area contributed by atoms with E-state index in [-0.39, 0.29) is 29.0 Å². The Morgan fingerprint density at radius 2 is 1.81 bits per heavy atom. The minimum Gasteiger partial charge on any atom is -0.385 e. The first-order valence-electron chi connectivity index (χ1n) is 14.2. The smallest absolute Gasteiger partial charge is 0.261 e. The van der Waals surface area contributed by atoms with Crippen LogP contribution in [0.15, 0.2) is 23.0 Å². The Kier molecular flexibility index (Phi) is 6.55. The normalized spacial score (nSPS) is 24.8. The van der Waals surface area contributed by atoms with Gasteiger partial charge >= 0.3 is 0 Å². The Hall–Kier alpha value is -3.09. The number of rotatable bonds is 3. The van der Waals surface area contributed by atoms with E-state index < -0.39 is 0 Å². The fourth-order valence-corrected chi connectivity index (χ4v) is 7.15. The molecule has 7 heteroatoms. The predicted molar refractivity (Wildman–Crippen MR) is 144 cm³/mol. The maximum absolute atomic E-state index is 13.4. The van der Waals surface area contributed by atoms with Gasteiger partial charge in [-0.1, -0.05) is 0 Å². The van der Waals surface area contributed by atoms with Gasteiger partial charge in [-0.2, -0.15) is 0 Å². The lowest BCUT2D eigenvalue weighted by atomic mass is 9.73. The van der Waals surface area contributed by atoms with Gasteiger partial charge in [-0.15, -0.1) is 0 Å². The van der Waals surface area contributed by atoms with Crippen molar-refractivity contribution in [2.75, 3.05) is 25.0 Å². The quantitative estimate of drug-likeness (QED) is 0.592. The molecule has 3 heterocycles. The SMILES string of the molecule is Cc1cc(C(=O)N2CCC3CC(NC(=O)c4cc5c([nH]c4=O)CCCC5)CCC3C2)cc2c1NCCC2. The molecule has 2 fully saturated rings. The third-order valence-electron chi connectivity index (χ3n) is 9.16. The van der Waals surface area contributed by atoms with Crippen molar-refractivity contribution in [3.05, 3.63) is 62.1 Å². The zero-order valence-corrected chi connectivity index (χ0v) is 21.8. The van der Waals surface area contributed by atoms with E-state index in [1.807, 2.05) is 17.0 Å². The number of aromatic amines is 1. The second kappa shape index (κ2) is 9.99. The third-order valence-corrected chi connectivity index (χ3v) is 9.16. The summed E-state index contributed by atoms with van der Waals surface area (Å²) in [6.07, 6.45) is 9.92. The Labute approximate surface area is 218 Å². The number of nitrogens with one attached hydrogen (secondary N) is 3. The van der Waals surface area contributed by atoms with Crippen molar-refractivity contribution in [3.63, 3.8) is 0 Å². The molecular formula is C30H38N4O3. The number of hydrogen-bond donors (Lipinski definition) is 3. The minimum absolute atomic E-state index is 0.0854. The molecule has 3 unspecified atom stereocenters. The standard InChI is InChI=1S/C30H38N4O3/c1-18-13-23(14-21-6-4-11-31-27(18)21)30(37)34-12-10-19-15-24(9-8-22(19)17-34)32-28(35)25-16-20-5-2-3-7-26(20)33-29(25)36/h13-14,16,19,22,24,31H,2-12,15,17H2,1H3,(H,32,35)(H,33,36). The summed E-state index contributed by atoms with van der Waals surface area (Å²) < 4.78 is 0. The molecule has 3 atom stereocenters. The zero-order chi connectivity index (χ0) is 25.5.